The maximum absolute atomic E-state index is 11.8. The van der Waals surface area contributed by atoms with Crippen LogP contribution < -0.4 is 20.4 Å². The second-order valence-electron chi connectivity index (χ2n) is 8.20. The van der Waals surface area contributed by atoms with E-state index in [-0.39, 0.29) is 6.03 Å². The number of aromatic nitrogens is 4. The number of morpholine rings is 1. The molecule has 0 aliphatic carbocycles. The van der Waals surface area contributed by atoms with Gasteiger partial charge in [-0.2, -0.15) is 0 Å². The summed E-state index contributed by atoms with van der Waals surface area (Å²) in [6.07, 6.45) is 4.19. The molecule has 0 atom stereocenters. The van der Waals surface area contributed by atoms with Crippen molar-refractivity contribution in [3.8, 4) is 11.4 Å². The van der Waals surface area contributed by atoms with E-state index in [9.17, 15) is 4.79 Å². The summed E-state index contributed by atoms with van der Waals surface area (Å²) in [6, 6.07) is 9.33. The number of benzene rings is 1. The lowest BCUT2D eigenvalue weighted by Gasteiger charge is -2.34. The Labute approximate surface area is 198 Å². The minimum Gasteiger partial charge on any atom is -0.378 e. The van der Waals surface area contributed by atoms with E-state index >= 15 is 0 Å². The van der Waals surface area contributed by atoms with E-state index in [4.69, 9.17) is 14.7 Å². The van der Waals surface area contributed by atoms with Crippen LogP contribution in [0.2, 0.25) is 0 Å². The molecule has 0 radical (unpaired) electrons. The zero-order valence-electron chi connectivity index (χ0n) is 19.2. The predicted octanol–water partition coefficient (Wildman–Crippen LogP) is 2.47. The molecule has 176 valence electrons. The molecule has 34 heavy (non-hydrogen) atoms. The second kappa shape index (κ2) is 10.0. The summed E-state index contributed by atoms with van der Waals surface area (Å²) in [5.74, 6) is 2.57. The highest BCUT2D eigenvalue weighted by molar-refractivity contribution is 5.89. The molecule has 1 saturated heterocycles. The van der Waals surface area contributed by atoms with Crippen LogP contribution in [0.15, 0.2) is 42.9 Å². The molecule has 0 saturated carbocycles. The van der Waals surface area contributed by atoms with E-state index in [1.165, 1.54) is 5.56 Å². The number of urea groups is 1. The van der Waals surface area contributed by atoms with Crippen molar-refractivity contribution in [3.63, 3.8) is 0 Å². The van der Waals surface area contributed by atoms with E-state index < -0.39 is 0 Å². The highest BCUT2D eigenvalue weighted by Crippen LogP contribution is 2.31. The molecule has 0 unspecified atom stereocenters. The van der Waals surface area contributed by atoms with Crippen molar-refractivity contribution in [1.29, 1.82) is 0 Å². The Morgan fingerprint density at radius 1 is 1.06 bits per heavy atom. The van der Waals surface area contributed by atoms with Crippen LogP contribution in [0.4, 0.5) is 22.1 Å². The van der Waals surface area contributed by atoms with Crippen LogP contribution in [0.5, 0.6) is 0 Å². The zero-order valence-corrected chi connectivity index (χ0v) is 19.2. The molecule has 2 aromatic heterocycles. The first-order chi connectivity index (χ1) is 16.7. The summed E-state index contributed by atoms with van der Waals surface area (Å²) in [7, 11) is 0. The number of fused-ring (bicyclic) bond motifs is 1. The Balaban J connectivity index is 1.47. The van der Waals surface area contributed by atoms with Gasteiger partial charge >= 0.3 is 6.03 Å². The van der Waals surface area contributed by atoms with Crippen molar-refractivity contribution in [3.05, 3.63) is 54.1 Å². The average Bonchev–Trinajstić information content (AvgIpc) is 2.89. The Morgan fingerprint density at radius 3 is 2.62 bits per heavy atom. The lowest BCUT2D eigenvalue weighted by Crippen LogP contribution is -2.39. The van der Waals surface area contributed by atoms with Gasteiger partial charge in [0.15, 0.2) is 5.82 Å². The van der Waals surface area contributed by atoms with Crippen LogP contribution >= 0.6 is 0 Å². The number of anilines is 3. The number of nitrogens with one attached hydrogen (secondary N) is 2. The first-order valence-corrected chi connectivity index (χ1v) is 11.6. The van der Waals surface area contributed by atoms with Crippen LogP contribution in [-0.4, -0.2) is 65.4 Å². The fraction of sp³-hybridized carbons (Fsp3) is 0.375. The minimum absolute atomic E-state index is 0.223. The summed E-state index contributed by atoms with van der Waals surface area (Å²) in [5.41, 5.74) is 3.83. The van der Waals surface area contributed by atoms with Crippen LogP contribution in [0, 0.1) is 0 Å². The Kier molecular flexibility index (Phi) is 6.48. The van der Waals surface area contributed by atoms with Crippen LogP contribution in [-0.2, 0) is 17.7 Å². The maximum atomic E-state index is 11.8. The van der Waals surface area contributed by atoms with Gasteiger partial charge in [0.25, 0.3) is 0 Å². The molecule has 10 heteroatoms. The Bertz CT molecular complexity index is 1130. The number of amides is 2. The standard InChI is InChI=1S/C24H28N8O2/c1-2-26-24(33)28-18-5-3-17(4-6-18)22-29-20-15-32(21-7-9-25-16-27-21)10-8-19(20)23(30-22)31-11-13-34-14-12-31/h3-7,9,16H,2,8,10-15H2,1H3,(H2,26,28,33). The largest absolute Gasteiger partial charge is 0.378 e. The molecule has 0 bridgehead atoms. The number of rotatable bonds is 5. The highest BCUT2D eigenvalue weighted by Gasteiger charge is 2.27. The molecule has 10 nitrogen and oxygen atoms in total. The normalized spacial score (nSPS) is 15.6. The lowest BCUT2D eigenvalue weighted by molar-refractivity contribution is 0.122. The first kappa shape index (κ1) is 22.0. The monoisotopic (exact) mass is 460 g/mol. The van der Waals surface area contributed by atoms with Crippen LogP contribution in [0.3, 0.4) is 0 Å². The Morgan fingerprint density at radius 2 is 1.88 bits per heavy atom. The summed E-state index contributed by atoms with van der Waals surface area (Å²) in [4.78, 5) is 34.8. The van der Waals surface area contributed by atoms with Gasteiger partial charge in [0, 0.05) is 49.2 Å². The number of hydrogen-bond acceptors (Lipinski definition) is 8. The summed E-state index contributed by atoms with van der Waals surface area (Å²) >= 11 is 0. The third-order valence-electron chi connectivity index (χ3n) is 5.98. The van der Waals surface area contributed by atoms with Crippen LogP contribution in [0.25, 0.3) is 11.4 Å². The smallest absolute Gasteiger partial charge is 0.319 e. The molecular formula is C24H28N8O2. The summed E-state index contributed by atoms with van der Waals surface area (Å²) < 4.78 is 5.57. The van der Waals surface area contributed by atoms with Crippen molar-refractivity contribution in [2.24, 2.45) is 0 Å². The fourth-order valence-electron chi connectivity index (χ4n) is 4.28. The lowest BCUT2D eigenvalue weighted by atomic mass is 10.0. The van der Waals surface area contributed by atoms with Crippen molar-refractivity contribution < 1.29 is 9.53 Å². The molecule has 5 rings (SSSR count). The molecule has 2 N–H and O–H groups in total. The molecule has 3 aromatic rings. The molecule has 0 spiro atoms. The third-order valence-corrected chi connectivity index (χ3v) is 5.98. The Hall–Kier alpha value is -3.79. The van der Waals surface area contributed by atoms with Gasteiger partial charge in [-0.05, 0) is 43.7 Å². The van der Waals surface area contributed by atoms with E-state index in [0.29, 0.717) is 32.1 Å². The van der Waals surface area contributed by atoms with Crippen molar-refractivity contribution in [2.75, 3.05) is 54.5 Å². The van der Waals surface area contributed by atoms with Gasteiger partial charge in [-0.1, -0.05) is 0 Å². The topological polar surface area (TPSA) is 108 Å². The van der Waals surface area contributed by atoms with Crippen molar-refractivity contribution >= 4 is 23.4 Å². The van der Waals surface area contributed by atoms with Gasteiger partial charge in [-0.25, -0.2) is 24.7 Å². The van der Waals surface area contributed by atoms with E-state index in [2.05, 4.69) is 30.4 Å². The summed E-state index contributed by atoms with van der Waals surface area (Å²) in [5, 5.41) is 5.56. The second-order valence-corrected chi connectivity index (χ2v) is 8.20. The molecular weight excluding hydrogens is 432 g/mol. The van der Waals surface area contributed by atoms with Gasteiger partial charge in [0.1, 0.15) is 18.0 Å². The molecule has 2 amide bonds. The van der Waals surface area contributed by atoms with Crippen molar-refractivity contribution in [1.82, 2.24) is 25.3 Å². The number of ether oxygens (including phenoxy) is 1. The van der Waals surface area contributed by atoms with Crippen LogP contribution in [0.1, 0.15) is 18.2 Å². The van der Waals surface area contributed by atoms with E-state index in [0.717, 1.165) is 54.6 Å². The summed E-state index contributed by atoms with van der Waals surface area (Å²) in [6.45, 7) is 6.99. The number of carbonyl (C=O) groups is 1. The van der Waals surface area contributed by atoms with E-state index in [1.54, 1.807) is 12.5 Å². The van der Waals surface area contributed by atoms with E-state index in [1.807, 2.05) is 37.3 Å². The fourth-order valence-corrected chi connectivity index (χ4v) is 4.28. The predicted molar refractivity (Wildman–Crippen MR) is 130 cm³/mol. The molecule has 1 fully saturated rings. The van der Waals surface area contributed by atoms with Gasteiger partial charge < -0.3 is 25.2 Å². The van der Waals surface area contributed by atoms with Gasteiger partial charge in [0.05, 0.1) is 25.5 Å². The quantitative estimate of drug-likeness (QED) is 0.598. The van der Waals surface area contributed by atoms with Gasteiger partial charge in [-0.3, -0.25) is 0 Å². The SMILES string of the molecule is CCNC(=O)Nc1ccc(-c2nc3c(c(N4CCOCC4)n2)CCN(c2ccncn2)C3)cc1. The number of nitrogens with zero attached hydrogens (tertiary/aromatic N) is 6. The first-order valence-electron chi connectivity index (χ1n) is 11.6. The minimum atomic E-state index is -0.223. The highest BCUT2D eigenvalue weighted by atomic mass is 16.5. The molecule has 2 aliphatic heterocycles. The zero-order chi connectivity index (χ0) is 23.3. The third kappa shape index (κ3) is 4.76. The van der Waals surface area contributed by atoms with Crippen molar-refractivity contribution in [2.45, 2.75) is 19.9 Å². The maximum Gasteiger partial charge on any atom is 0.319 e. The average molecular weight is 461 g/mol. The number of carbonyl (C=O) groups excluding carboxylic acids is 1. The van der Waals surface area contributed by atoms with Gasteiger partial charge in [-0.15, -0.1) is 0 Å². The van der Waals surface area contributed by atoms with Gasteiger partial charge in [0.2, 0.25) is 0 Å². The number of hydrogen-bond donors (Lipinski definition) is 2. The molecule has 1 aromatic carbocycles. The molecule has 2 aliphatic rings. The molecule has 4 heterocycles.